The first-order valence-electron chi connectivity index (χ1n) is 10.6. The minimum atomic E-state index is -3.80. The van der Waals surface area contributed by atoms with Gasteiger partial charge in [0.05, 0.1) is 11.5 Å². The highest BCUT2D eigenvalue weighted by molar-refractivity contribution is 7.89. The van der Waals surface area contributed by atoms with E-state index in [2.05, 4.69) is 5.32 Å². The van der Waals surface area contributed by atoms with Crippen LogP contribution in [0.3, 0.4) is 0 Å². The van der Waals surface area contributed by atoms with Crippen molar-refractivity contribution in [1.82, 2.24) is 0 Å². The lowest BCUT2D eigenvalue weighted by Crippen LogP contribution is -2.14. The third kappa shape index (κ3) is 5.54. The third-order valence-corrected chi connectivity index (χ3v) is 6.11. The van der Waals surface area contributed by atoms with Crippen LogP contribution in [0.5, 0.6) is 11.5 Å². The molecule has 0 atom stereocenters. The van der Waals surface area contributed by atoms with Crippen LogP contribution in [0, 0.1) is 0 Å². The average molecular weight is 477 g/mol. The van der Waals surface area contributed by atoms with Gasteiger partial charge in [-0.15, -0.1) is 0 Å². The van der Waals surface area contributed by atoms with Gasteiger partial charge in [0.2, 0.25) is 10.0 Å². The van der Waals surface area contributed by atoms with Gasteiger partial charge in [-0.25, -0.2) is 13.6 Å². The fourth-order valence-corrected chi connectivity index (χ4v) is 3.99. The summed E-state index contributed by atoms with van der Waals surface area (Å²) in [6.45, 7) is 2.59. The van der Waals surface area contributed by atoms with Crippen molar-refractivity contribution in [2.75, 3.05) is 11.9 Å². The highest BCUT2D eigenvalue weighted by atomic mass is 32.2. The summed E-state index contributed by atoms with van der Waals surface area (Å²) in [6.07, 6.45) is 0. The van der Waals surface area contributed by atoms with Crippen LogP contribution in [0.1, 0.15) is 22.8 Å². The SMILES string of the molecule is CCOc1ccc(C(=O)Nc2ccc(S(N)(=O)=O)cc2)cc1COc1ccc2ccccc2c1. The molecule has 1 amide bonds. The molecule has 0 aliphatic carbocycles. The Morgan fingerprint density at radius 2 is 1.62 bits per heavy atom. The second kappa shape index (κ2) is 9.94. The summed E-state index contributed by atoms with van der Waals surface area (Å²) >= 11 is 0. The van der Waals surface area contributed by atoms with E-state index in [-0.39, 0.29) is 17.4 Å². The van der Waals surface area contributed by atoms with E-state index in [0.717, 1.165) is 16.3 Å². The molecule has 8 heteroatoms. The van der Waals surface area contributed by atoms with Gasteiger partial charge in [-0.1, -0.05) is 30.3 Å². The fraction of sp³-hybridized carbons (Fsp3) is 0.115. The molecule has 0 radical (unpaired) electrons. The Morgan fingerprint density at radius 3 is 2.32 bits per heavy atom. The number of hydrogen-bond acceptors (Lipinski definition) is 5. The van der Waals surface area contributed by atoms with E-state index in [9.17, 15) is 13.2 Å². The third-order valence-electron chi connectivity index (χ3n) is 5.18. The molecular formula is C26H24N2O5S. The van der Waals surface area contributed by atoms with Crippen molar-refractivity contribution in [2.24, 2.45) is 5.14 Å². The standard InChI is InChI=1S/C26H24N2O5S/c1-2-32-25-14-8-20(26(29)28-22-9-12-24(13-10-22)34(27,30)31)15-21(25)17-33-23-11-7-18-5-3-4-6-19(18)16-23/h3-16H,2,17H2,1H3,(H,28,29)(H2,27,30,31). The molecule has 4 aromatic carbocycles. The van der Waals surface area contributed by atoms with Crippen LogP contribution in [0.2, 0.25) is 0 Å². The highest BCUT2D eigenvalue weighted by Crippen LogP contribution is 2.25. The number of carbonyl (C=O) groups is 1. The largest absolute Gasteiger partial charge is 0.493 e. The quantitative estimate of drug-likeness (QED) is 0.383. The van der Waals surface area contributed by atoms with E-state index in [1.807, 2.05) is 49.4 Å². The summed E-state index contributed by atoms with van der Waals surface area (Å²) in [5.74, 6) is 1.00. The molecular weight excluding hydrogens is 452 g/mol. The van der Waals surface area contributed by atoms with Crippen molar-refractivity contribution in [3.05, 3.63) is 96.1 Å². The molecule has 4 rings (SSSR count). The molecule has 0 fully saturated rings. The molecule has 4 aromatic rings. The summed E-state index contributed by atoms with van der Waals surface area (Å²) < 4.78 is 34.5. The van der Waals surface area contributed by atoms with Gasteiger partial charge < -0.3 is 14.8 Å². The number of fused-ring (bicyclic) bond motifs is 1. The zero-order valence-electron chi connectivity index (χ0n) is 18.5. The maximum Gasteiger partial charge on any atom is 0.255 e. The number of anilines is 1. The van der Waals surface area contributed by atoms with Crippen molar-refractivity contribution < 1.29 is 22.7 Å². The lowest BCUT2D eigenvalue weighted by atomic mass is 10.1. The van der Waals surface area contributed by atoms with E-state index in [1.54, 1.807) is 18.2 Å². The molecule has 0 saturated heterocycles. The van der Waals surface area contributed by atoms with Gasteiger partial charge in [-0.2, -0.15) is 0 Å². The molecule has 174 valence electrons. The number of nitrogens with one attached hydrogen (secondary N) is 1. The Bertz CT molecular complexity index is 1430. The summed E-state index contributed by atoms with van der Waals surface area (Å²) in [4.78, 5) is 12.8. The van der Waals surface area contributed by atoms with E-state index in [0.29, 0.717) is 29.4 Å². The number of primary sulfonamides is 1. The number of nitrogens with two attached hydrogens (primary N) is 1. The minimum Gasteiger partial charge on any atom is -0.493 e. The predicted octanol–water partition coefficient (Wildman–Crippen LogP) is 4.72. The van der Waals surface area contributed by atoms with Crippen LogP contribution in [0.4, 0.5) is 5.69 Å². The molecule has 3 N–H and O–H groups in total. The number of benzene rings is 4. The first-order chi connectivity index (χ1) is 16.3. The summed E-state index contributed by atoms with van der Waals surface area (Å²) in [5, 5.41) is 10.1. The molecule has 0 bridgehead atoms. The number of amides is 1. The number of carbonyl (C=O) groups excluding carboxylic acids is 1. The monoisotopic (exact) mass is 476 g/mol. The molecule has 0 spiro atoms. The van der Waals surface area contributed by atoms with Crippen LogP contribution in [-0.2, 0) is 16.6 Å². The van der Waals surface area contributed by atoms with Crippen LogP contribution in [-0.4, -0.2) is 20.9 Å². The number of sulfonamides is 1. The van der Waals surface area contributed by atoms with Crippen molar-refractivity contribution in [1.29, 1.82) is 0 Å². The second-order valence-electron chi connectivity index (χ2n) is 7.58. The molecule has 0 aliphatic rings. The molecule has 0 saturated carbocycles. The molecule has 0 heterocycles. The first kappa shape index (κ1) is 23.3. The predicted molar refractivity (Wildman–Crippen MR) is 132 cm³/mol. The van der Waals surface area contributed by atoms with Gasteiger partial charge in [0.25, 0.3) is 5.91 Å². The molecule has 0 unspecified atom stereocenters. The summed E-state index contributed by atoms with van der Waals surface area (Å²) in [5.41, 5.74) is 1.59. The zero-order chi connectivity index (χ0) is 24.1. The van der Waals surface area contributed by atoms with E-state index >= 15 is 0 Å². The second-order valence-corrected chi connectivity index (χ2v) is 9.14. The van der Waals surface area contributed by atoms with E-state index in [4.69, 9.17) is 14.6 Å². The van der Waals surface area contributed by atoms with Crippen molar-refractivity contribution in [3.8, 4) is 11.5 Å². The van der Waals surface area contributed by atoms with Gasteiger partial charge in [0.15, 0.2) is 0 Å². The van der Waals surface area contributed by atoms with Crippen LogP contribution in [0.25, 0.3) is 10.8 Å². The normalized spacial score (nSPS) is 11.2. The van der Waals surface area contributed by atoms with Crippen LogP contribution in [0.15, 0.2) is 89.8 Å². The minimum absolute atomic E-state index is 0.0281. The van der Waals surface area contributed by atoms with Gasteiger partial charge in [-0.05, 0) is 72.3 Å². The Balaban J connectivity index is 1.51. The molecule has 0 aliphatic heterocycles. The Kier molecular flexibility index (Phi) is 6.81. The number of ether oxygens (including phenoxy) is 2. The number of rotatable bonds is 8. The van der Waals surface area contributed by atoms with Gasteiger partial charge in [0.1, 0.15) is 18.1 Å². The average Bonchev–Trinajstić information content (AvgIpc) is 2.83. The van der Waals surface area contributed by atoms with Crippen molar-refractivity contribution in [2.45, 2.75) is 18.4 Å². The van der Waals surface area contributed by atoms with E-state index in [1.165, 1.54) is 24.3 Å². The van der Waals surface area contributed by atoms with Gasteiger partial charge in [-0.3, -0.25) is 4.79 Å². The van der Waals surface area contributed by atoms with Crippen molar-refractivity contribution >= 4 is 32.4 Å². The van der Waals surface area contributed by atoms with Crippen molar-refractivity contribution in [3.63, 3.8) is 0 Å². The maximum atomic E-state index is 12.8. The summed E-state index contributed by atoms with van der Waals surface area (Å²) in [7, 11) is -3.80. The summed E-state index contributed by atoms with van der Waals surface area (Å²) in [6, 6.07) is 24.7. The zero-order valence-corrected chi connectivity index (χ0v) is 19.3. The van der Waals surface area contributed by atoms with Gasteiger partial charge in [0, 0.05) is 16.8 Å². The number of hydrogen-bond donors (Lipinski definition) is 2. The fourth-order valence-electron chi connectivity index (χ4n) is 3.48. The van der Waals surface area contributed by atoms with Crippen LogP contribution < -0.4 is 19.9 Å². The lowest BCUT2D eigenvalue weighted by Gasteiger charge is -2.14. The smallest absolute Gasteiger partial charge is 0.255 e. The highest BCUT2D eigenvalue weighted by Gasteiger charge is 2.13. The Hall–Kier alpha value is -3.88. The van der Waals surface area contributed by atoms with Gasteiger partial charge >= 0.3 is 0 Å². The molecule has 34 heavy (non-hydrogen) atoms. The van der Waals surface area contributed by atoms with Crippen LogP contribution >= 0.6 is 0 Å². The maximum absolute atomic E-state index is 12.8. The topological polar surface area (TPSA) is 108 Å². The Morgan fingerprint density at radius 1 is 0.882 bits per heavy atom. The first-order valence-corrected chi connectivity index (χ1v) is 12.2. The van der Waals surface area contributed by atoms with E-state index < -0.39 is 10.0 Å². The molecule has 0 aromatic heterocycles. The lowest BCUT2D eigenvalue weighted by molar-refractivity contribution is 0.102. The molecule has 7 nitrogen and oxygen atoms in total. The Labute approximate surface area is 198 Å².